The zero-order valence-electron chi connectivity index (χ0n) is 16.9. The van der Waals surface area contributed by atoms with Crippen LogP contribution in [0, 0.1) is 6.92 Å². The first-order valence-electron chi connectivity index (χ1n) is 9.57. The van der Waals surface area contributed by atoms with Crippen molar-refractivity contribution < 1.29 is 19.0 Å². The Balaban J connectivity index is 2.00. The molecule has 5 nitrogen and oxygen atoms in total. The van der Waals surface area contributed by atoms with Crippen LogP contribution in [0.2, 0.25) is 5.02 Å². The van der Waals surface area contributed by atoms with Crippen LogP contribution in [0.4, 0.5) is 0 Å². The Labute approximate surface area is 171 Å². The molecule has 0 heterocycles. The van der Waals surface area contributed by atoms with Crippen molar-refractivity contribution in [2.45, 2.75) is 46.8 Å². The summed E-state index contributed by atoms with van der Waals surface area (Å²) in [6, 6.07) is 11.0. The molecule has 1 atom stereocenters. The van der Waals surface area contributed by atoms with Crippen molar-refractivity contribution in [1.82, 2.24) is 5.32 Å². The van der Waals surface area contributed by atoms with Crippen LogP contribution in [0.3, 0.4) is 0 Å². The topological polar surface area (TPSA) is 56.8 Å². The lowest BCUT2D eigenvalue weighted by Gasteiger charge is -2.18. The Morgan fingerprint density at radius 2 is 1.75 bits per heavy atom. The van der Waals surface area contributed by atoms with E-state index in [9.17, 15) is 4.79 Å². The Hall–Kier alpha value is -2.40. The lowest BCUT2D eigenvalue weighted by atomic mass is 10.2. The third-order valence-electron chi connectivity index (χ3n) is 4.15. The summed E-state index contributed by atoms with van der Waals surface area (Å²) in [5.74, 6) is 1.84. The Kier molecular flexibility index (Phi) is 8.45. The van der Waals surface area contributed by atoms with Crippen LogP contribution in [-0.2, 0) is 11.3 Å². The number of halogens is 1. The molecule has 0 saturated heterocycles. The first-order valence-corrected chi connectivity index (χ1v) is 9.95. The summed E-state index contributed by atoms with van der Waals surface area (Å²) >= 11 is 6.04. The maximum atomic E-state index is 12.6. The smallest absolute Gasteiger partial charge is 0.261 e. The molecule has 6 heteroatoms. The fourth-order valence-corrected chi connectivity index (χ4v) is 2.80. The molecule has 0 bridgehead atoms. The molecule has 0 aliphatic rings. The summed E-state index contributed by atoms with van der Waals surface area (Å²) < 4.78 is 17.0. The van der Waals surface area contributed by atoms with Crippen molar-refractivity contribution in [3.05, 3.63) is 52.5 Å². The first kappa shape index (κ1) is 21.9. The van der Waals surface area contributed by atoms with Crippen LogP contribution >= 0.6 is 11.6 Å². The summed E-state index contributed by atoms with van der Waals surface area (Å²) in [7, 11) is 0. The van der Waals surface area contributed by atoms with Crippen molar-refractivity contribution >= 4 is 17.5 Å². The number of ether oxygens (including phenoxy) is 3. The quantitative estimate of drug-likeness (QED) is 0.609. The van der Waals surface area contributed by atoms with Crippen molar-refractivity contribution in [2.24, 2.45) is 0 Å². The molecular formula is C22H28ClNO4. The van der Waals surface area contributed by atoms with E-state index in [0.29, 0.717) is 48.5 Å². The van der Waals surface area contributed by atoms with E-state index in [-0.39, 0.29) is 5.91 Å². The largest absolute Gasteiger partial charge is 0.490 e. The van der Waals surface area contributed by atoms with E-state index in [1.807, 2.05) is 52.0 Å². The molecule has 28 heavy (non-hydrogen) atoms. The summed E-state index contributed by atoms with van der Waals surface area (Å²) in [4.78, 5) is 12.6. The standard InChI is InChI=1S/C22H28ClNO4/c1-5-19(28-17-9-10-18(23)15(4)12-17)22(25)24-14-16-8-11-20(26-6-2)21(13-16)27-7-3/h8-13,19H,5-7,14H2,1-4H3,(H,24,25)/t19-/m0/s1. The number of nitrogens with one attached hydrogen (secondary N) is 1. The molecule has 2 aromatic carbocycles. The van der Waals surface area contributed by atoms with Crippen molar-refractivity contribution in [2.75, 3.05) is 13.2 Å². The van der Waals surface area contributed by atoms with E-state index in [1.54, 1.807) is 12.1 Å². The number of benzene rings is 2. The molecule has 2 rings (SSSR count). The summed E-state index contributed by atoms with van der Waals surface area (Å²) in [6.07, 6.45) is -0.0179. The molecule has 1 amide bonds. The number of aryl methyl sites for hydroxylation is 1. The molecule has 2 aromatic rings. The number of carbonyl (C=O) groups excluding carboxylic acids is 1. The molecule has 0 radical (unpaired) electrons. The monoisotopic (exact) mass is 405 g/mol. The fourth-order valence-electron chi connectivity index (χ4n) is 2.69. The van der Waals surface area contributed by atoms with Crippen molar-refractivity contribution in [1.29, 1.82) is 0 Å². The molecule has 0 aliphatic heterocycles. The minimum absolute atomic E-state index is 0.165. The van der Waals surface area contributed by atoms with Crippen molar-refractivity contribution in [3.63, 3.8) is 0 Å². The first-order chi connectivity index (χ1) is 13.5. The highest BCUT2D eigenvalue weighted by atomic mass is 35.5. The van der Waals surface area contributed by atoms with Gasteiger partial charge in [-0.25, -0.2) is 0 Å². The summed E-state index contributed by atoms with van der Waals surface area (Å²) in [6.45, 7) is 9.15. The minimum atomic E-state index is -0.574. The second kappa shape index (κ2) is 10.8. The highest BCUT2D eigenvalue weighted by Gasteiger charge is 2.18. The number of rotatable bonds is 10. The van der Waals surface area contributed by atoms with Crippen LogP contribution in [0.15, 0.2) is 36.4 Å². The van der Waals surface area contributed by atoms with E-state index in [2.05, 4.69) is 5.32 Å². The zero-order valence-corrected chi connectivity index (χ0v) is 17.6. The van der Waals surface area contributed by atoms with Crippen LogP contribution in [0.25, 0.3) is 0 Å². The molecule has 0 fully saturated rings. The molecular weight excluding hydrogens is 378 g/mol. The van der Waals surface area contributed by atoms with Crippen LogP contribution in [0.1, 0.15) is 38.3 Å². The van der Waals surface area contributed by atoms with Crippen molar-refractivity contribution in [3.8, 4) is 17.2 Å². The molecule has 152 valence electrons. The Morgan fingerprint density at radius 1 is 1.04 bits per heavy atom. The SMILES string of the molecule is CCOc1ccc(CNC(=O)[C@H](CC)Oc2ccc(Cl)c(C)c2)cc1OCC. The lowest BCUT2D eigenvalue weighted by molar-refractivity contribution is -0.128. The van der Waals surface area contributed by atoms with E-state index in [0.717, 1.165) is 11.1 Å². The van der Waals surface area contributed by atoms with Gasteiger partial charge in [0.15, 0.2) is 17.6 Å². The molecule has 0 spiro atoms. The molecule has 0 saturated carbocycles. The lowest BCUT2D eigenvalue weighted by Crippen LogP contribution is -2.37. The van der Waals surface area contributed by atoms with Gasteiger partial charge in [-0.1, -0.05) is 24.6 Å². The number of carbonyl (C=O) groups is 1. The van der Waals surface area contributed by atoms with Crippen LogP contribution in [0.5, 0.6) is 17.2 Å². The van der Waals surface area contributed by atoms with Gasteiger partial charge in [0, 0.05) is 11.6 Å². The van der Waals surface area contributed by atoms with E-state index in [1.165, 1.54) is 0 Å². The normalized spacial score (nSPS) is 11.6. The molecule has 1 N–H and O–H groups in total. The van der Waals surface area contributed by atoms with Gasteiger partial charge in [-0.3, -0.25) is 4.79 Å². The van der Waals surface area contributed by atoms with E-state index in [4.69, 9.17) is 25.8 Å². The van der Waals surface area contributed by atoms with Gasteiger partial charge in [-0.2, -0.15) is 0 Å². The van der Waals surface area contributed by atoms with E-state index >= 15 is 0 Å². The van der Waals surface area contributed by atoms with Gasteiger partial charge in [0.05, 0.1) is 13.2 Å². The maximum absolute atomic E-state index is 12.6. The predicted octanol–water partition coefficient (Wildman–Crippen LogP) is 4.92. The third-order valence-corrected chi connectivity index (χ3v) is 4.57. The van der Waals surface area contributed by atoms with Gasteiger partial charge in [0.2, 0.25) is 0 Å². The fraction of sp³-hybridized carbons (Fsp3) is 0.409. The highest BCUT2D eigenvalue weighted by Crippen LogP contribution is 2.28. The molecule has 0 aliphatic carbocycles. The van der Waals surface area contributed by atoms with Gasteiger partial charge in [-0.15, -0.1) is 0 Å². The van der Waals surface area contributed by atoms with Gasteiger partial charge in [-0.05, 0) is 68.7 Å². The number of hydrogen-bond acceptors (Lipinski definition) is 4. The van der Waals surface area contributed by atoms with Gasteiger partial charge < -0.3 is 19.5 Å². The summed E-state index contributed by atoms with van der Waals surface area (Å²) in [5.41, 5.74) is 1.84. The zero-order chi connectivity index (χ0) is 20.5. The second-order valence-electron chi connectivity index (χ2n) is 6.29. The van der Waals surface area contributed by atoms with Gasteiger partial charge >= 0.3 is 0 Å². The Morgan fingerprint density at radius 3 is 2.39 bits per heavy atom. The van der Waals surface area contributed by atoms with Crippen LogP contribution < -0.4 is 19.5 Å². The average Bonchev–Trinajstić information content (AvgIpc) is 2.69. The highest BCUT2D eigenvalue weighted by molar-refractivity contribution is 6.31. The predicted molar refractivity (Wildman–Crippen MR) is 112 cm³/mol. The van der Waals surface area contributed by atoms with Gasteiger partial charge in [0.1, 0.15) is 5.75 Å². The number of hydrogen-bond donors (Lipinski definition) is 1. The minimum Gasteiger partial charge on any atom is -0.490 e. The molecule has 0 aromatic heterocycles. The maximum Gasteiger partial charge on any atom is 0.261 e. The second-order valence-corrected chi connectivity index (χ2v) is 6.70. The number of amides is 1. The average molecular weight is 406 g/mol. The Bertz CT molecular complexity index is 794. The summed E-state index contributed by atoms with van der Waals surface area (Å²) in [5, 5.41) is 3.60. The van der Waals surface area contributed by atoms with E-state index < -0.39 is 6.10 Å². The third kappa shape index (κ3) is 6.06. The van der Waals surface area contributed by atoms with Crippen LogP contribution in [-0.4, -0.2) is 25.2 Å². The van der Waals surface area contributed by atoms with Gasteiger partial charge in [0.25, 0.3) is 5.91 Å². The molecule has 0 unspecified atom stereocenters.